The van der Waals surface area contributed by atoms with E-state index in [-0.39, 0.29) is 5.41 Å². The molecule has 102 valence electrons. The molecule has 1 rings (SSSR count). The van der Waals surface area contributed by atoms with Crippen LogP contribution in [0.25, 0.3) is 0 Å². The number of benzene rings is 1. The molecule has 0 amide bonds. The summed E-state index contributed by atoms with van der Waals surface area (Å²) >= 11 is 0. The van der Waals surface area contributed by atoms with Crippen molar-refractivity contribution >= 4 is 5.69 Å². The molecule has 18 heavy (non-hydrogen) atoms. The Morgan fingerprint density at radius 3 is 2.44 bits per heavy atom. The minimum atomic E-state index is 0.0180. The summed E-state index contributed by atoms with van der Waals surface area (Å²) in [7, 11) is 0. The molecule has 0 saturated heterocycles. The van der Waals surface area contributed by atoms with Gasteiger partial charge in [-0.2, -0.15) is 0 Å². The zero-order valence-corrected chi connectivity index (χ0v) is 12.3. The number of anilines is 1. The maximum atomic E-state index is 6.08. The van der Waals surface area contributed by atoms with E-state index in [0.29, 0.717) is 0 Å². The second kappa shape index (κ2) is 6.67. The molecule has 2 nitrogen and oxygen atoms in total. The summed E-state index contributed by atoms with van der Waals surface area (Å²) in [5.41, 5.74) is 8.05. The number of hydrogen-bond acceptors (Lipinski definition) is 2. The Morgan fingerprint density at radius 1 is 1.11 bits per heavy atom. The lowest BCUT2D eigenvalue weighted by Gasteiger charge is -2.24. The Labute approximate surface area is 112 Å². The van der Waals surface area contributed by atoms with Gasteiger partial charge in [0, 0.05) is 11.3 Å². The van der Waals surface area contributed by atoms with Crippen LogP contribution >= 0.6 is 0 Å². The van der Waals surface area contributed by atoms with Crippen LogP contribution in [0.5, 0.6) is 5.75 Å². The SMILES string of the molecule is CCCCCCOc1cccc(N)c1C(C)(C)C. The first kappa shape index (κ1) is 14.9. The number of unbranched alkanes of at least 4 members (excludes halogenated alkanes) is 3. The lowest BCUT2D eigenvalue weighted by molar-refractivity contribution is 0.297. The molecule has 0 unspecified atom stereocenters. The third kappa shape index (κ3) is 4.25. The van der Waals surface area contributed by atoms with Crippen molar-refractivity contribution in [2.45, 2.75) is 58.8 Å². The zero-order chi connectivity index (χ0) is 13.6. The lowest BCUT2D eigenvalue weighted by Crippen LogP contribution is -2.16. The standard InChI is InChI=1S/C16H27NO/c1-5-6-7-8-12-18-14-11-9-10-13(17)15(14)16(2,3)4/h9-11H,5-8,12,17H2,1-4H3. The van der Waals surface area contributed by atoms with Gasteiger partial charge in [-0.3, -0.25) is 0 Å². The van der Waals surface area contributed by atoms with Crippen molar-refractivity contribution in [1.29, 1.82) is 0 Å². The van der Waals surface area contributed by atoms with Gasteiger partial charge in [0.05, 0.1) is 6.61 Å². The van der Waals surface area contributed by atoms with E-state index in [0.717, 1.165) is 30.0 Å². The fourth-order valence-electron chi connectivity index (χ4n) is 2.18. The summed E-state index contributed by atoms with van der Waals surface area (Å²) in [4.78, 5) is 0. The monoisotopic (exact) mass is 249 g/mol. The van der Waals surface area contributed by atoms with Crippen LogP contribution in [0.2, 0.25) is 0 Å². The van der Waals surface area contributed by atoms with Gasteiger partial charge >= 0.3 is 0 Å². The summed E-state index contributed by atoms with van der Waals surface area (Å²) in [5, 5.41) is 0. The van der Waals surface area contributed by atoms with E-state index in [9.17, 15) is 0 Å². The number of nitrogens with two attached hydrogens (primary N) is 1. The fourth-order valence-corrected chi connectivity index (χ4v) is 2.18. The number of rotatable bonds is 6. The quantitative estimate of drug-likeness (QED) is 0.594. The van der Waals surface area contributed by atoms with Crippen molar-refractivity contribution in [3.8, 4) is 5.75 Å². The molecule has 0 aliphatic carbocycles. The van der Waals surface area contributed by atoms with E-state index in [4.69, 9.17) is 10.5 Å². The lowest BCUT2D eigenvalue weighted by atomic mass is 9.85. The number of hydrogen-bond donors (Lipinski definition) is 1. The van der Waals surface area contributed by atoms with Crippen molar-refractivity contribution in [3.05, 3.63) is 23.8 Å². The molecule has 0 radical (unpaired) electrons. The maximum Gasteiger partial charge on any atom is 0.125 e. The van der Waals surface area contributed by atoms with Crippen LogP contribution in [0.3, 0.4) is 0 Å². The normalized spacial score (nSPS) is 11.6. The molecule has 0 saturated carbocycles. The molecule has 2 heteroatoms. The average Bonchev–Trinajstić information content (AvgIpc) is 2.27. The molecule has 0 bridgehead atoms. The molecule has 2 N–H and O–H groups in total. The molecule has 1 aromatic rings. The predicted octanol–water partition coefficient (Wildman–Crippen LogP) is 4.53. The molecule has 0 aliphatic heterocycles. The molecule has 0 atom stereocenters. The summed E-state index contributed by atoms with van der Waals surface area (Å²) in [6.07, 6.45) is 4.90. The largest absolute Gasteiger partial charge is 0.493 e. The first-order chi connectivity index (χ1) is 8.46. The fraction of sp³-hybridized carbons (Fsp3) is 0.625. The van der Waals surface area contributed by atoms with Crippen molar-refractivity contribution in [3.63, 3.8) is 0 Å². The first-order valence-electron chi connectivity index (χ1n) is 6.98. The second-order valence-corrected chi connectivity index (χ2v) is 5.88. The van der Waals surface area contributed by atoms with Gasteiger partial charge in [-0.25, -0.2) is 0 Å². The highest BCUT2D eigenvalue weighted by Crippen LogP contribution is 2.35. The van der Waals surface area contributed by atoms with E-state index in [1.807, 2.05) is 18.2 Å². The van der Waals surface area contributed by atoms with Crippen LogP contribution < -0.4 is 10.5 Å². The summed E-state index contributed by atoms with van der Waals surface area (Å²) in [6.45, 7) is 9.51. The maximum absolute atomic E-state index is 6.08. The van der Waals surface area contributed by atoms with Crippen LogP contribution in [-0.4, -0.2) is 6.61 Å². The van der Waals surface area contributed by atoms with Gasteiger partial charge in [-0.15, -0.1) is 0 Å². The molecule has 0 aliphatic rings. The second-order valence-electron chi connectivity index (χ2n) is 5.88. The minimum Gasteiger partial charge on any atom is -0.493 e. The predicted molar refractivity (Wildman–Crippen MR) is 79.2 cm³/mol. The first-order valence-corrected chi connectivity index (χ1v) is 6.98. The van der Waals surface area contributed by atoms with E-state index < -0.39 is 0 Å². The van der Waals surface area contributed by atoms with Gasteiger partial charge in [-0.05, 0) is 24.0 Å². The zero-order valence-electron chi connectivity index (χ0n) is 12.3. The summed E-state index contributed by atoms with van der Waals surface area (Å²) < 4.78 is 5.91. The number of ether oxygens (including phenoxy) is 1. The highest BCUT2D eigenvalue weighted by molar-refractivity contribution is 5.57. The Morgan fingerprint density at radius 2 is 1.83 bits per heavy atom. The Hall–Kier alpha value is -1.18. The smallest absolute Gasteiger partial charge is 0.125 e. The highest BCUT2D eigenvalue weighted by atomic mass is 16.5. The minimum absolute atomic E-state index is 0.0180. The van der Waals surface area contributed by atoms with Crippen LogP contribution in [-0.2, 0) is 5.41 Å². The molecule has 0 aromatic heterocycles. The van der Waals surface area contributed by atoms with Crippen LogP contribution in [0.1, 0.15) is 58.9 Å². The third-order valence-electron chi connectivity index (χ3n) is 3.06. The summed E-state index contributed by atoms with van der Waals surface area (Å²) in [6, 6.07) is 5.94. The van der Waals surface area contributed by atoms with Crippen LogP contribution in [0, 0.1) is 0 Å². The Bertz CT molecular complexity index is 366. The van der Waals surface area contributed by atoms with Gasteiger partial charge < -0.3 is 10.5 Å². The molecule has 0 spiro atoms. The van der Waals surface area contributed by atoms with Crippen molar-refractivity contribution in [2.75, 3.05) is 12.3 Å². The van der Waals surface area contributed by atoms with Crippen LogP contribution in [0.15, 0.2) is 18.2 Å². The molecular formula is C16H27NO. The van der Waals surface area contributed by atoms with Gasteiger partial charge in [0.2, 0.25) is 0 Å². The van der Waals surface area contributed by atoms with E-state index in [1.54, 1.807) is 0 Å². The van der Waals surface area contributed by atoms with Crippen LogP contribution in [0.4, 0.5) is 5.69 Å². The van der Waals surface area contributed by atoms with Crippen molar-refractivity contribution in [2.24, 2.45) is 0 Å². The molecule has 1 aromatic carbocycles. The van der Waals surface area contributed by atoms with Gasteiger partial charge in [-0.1, -0.05) is 53.0 Å². The number of nitrogen functional groups attached to an aromatic ring is 1. The molecule has 0 heterocycles. The van der Waals surface area contributed by atoms with Gasteiger partial charge in [0.1, 0.15) is 5.75 Å². The van der Waals surface area contributed by atoms with Crippen molar-refractivity contribution in [1.82, 2.24) is 0 Å². The molecule has 0 fully saturated rings. The van der Waals surface area contributed by atoms with Gasteiger partial charge in [0.15, 0.2) is 0 Å². The third-order valence-corrected chi connectivity index (χ3v) is 3.06. The Balaban J connectivity index is 2.68. The van der Waals surface area contributed by atoms with Crippen molar-refractivity contribution < 1.29 is 4.74 Å². The van der Waals surface area contributed by atoms with Gasteiger partial charge in [0.25, 0.3) is 0 Å². The van der Waals surface area contributed by atoms with E-state index in [2.05, 4.69) is 27.7 Å². The Kier molecular flexibility index (Phi) is 5.52. The van der Waals surface area contributed by atoms with E-state index in [1.165, 1.54) is 19.3 Å². The highest BCUT2D eigenvalue weighted by Gasteiger charge is 2.21. The topological polar surface area (TPSA) is 35.2 Å². The average molecular weight is 249 g/mol. The molecular weight excluding hydrogens is 222 g/mol. The summed E-state index contributed by atoms with van der Waals surface area (Å²) in [5.74, 6) is 0.944. The van der Waals surface area contributed by atoms with E-state index >= 15 is 0 Å².